The predicted octanol–water partition coefficient (Wildman–Crippen LogP) is 6.77. The van der Waals surface area contributed by atoms with Crippen LogP contribution in [0.3, 0.4) is 0 Å². The molecular formula is C50H64N6O8. The fourth-order valence-electron chi connectivity index (χ4n) is 7.50. The molecule has 1 aromatic heterocycles. The van der Waals surface area contributed by atoms with Gasteiger partial charge in [0.1, 0.15) is 24.7 Å². The SMILES string of the molecule is CC(=O)N1CCC(Cc2ccc(-n3c(C(=O)NCCOCCOCCOCCOCCN)nnc3-c3cc(C(C)C)c(OCc4ccccc4)cc3OCc3ccccc3)cc2)CC1. The molecule has 14 heteroatoms. The second kappa shape index (κ2) is 25.6. The number of carbonyl (C=O) groups excluding carboxylic acids is 2. The Kier molecular flexibility index (Phi) is 19.1. The highest BCUT2D eigenvalue weighted by atomic mass is 16.6. The molecule has 0 unspecified atom stereocenters. The molecule has 1 fully saturated rings. The lowest BCUT2D eigenvalue weighted by molar-refractivity contribution is -0.130. The van der Waals surface area contributed by atoms with E-state index in [9.17, 15) is 9.59 Å². The Morgan fingerprint density at radius 3 is 1.83 bits per heavy atom. The number of likely N-dealkylation sites (tertiary alicyclic amines) is 1. The number of carbonyl (C=O) groups is 2. The van der Waals surface area contributed by atoms with Crippen molar-refractivity contribution in [2.45, 2.75) is 59.2 Å². The second-order valence-corrected chi connectivity index (χ2v) is 16.1. The Hall–Kier alpha value is -5.64. The zero-order chi connectivity index (χ0) is 44.9. The van der Waals surface area contributed by atoms with Gasteiger partial charge >= 0.3 is 0 Å². The van der Waals surface area contributed by atoms with Crippen molar-refractivity contribution >= 4 is 11.8 Å². The lowest BCUT2D eigenvalue weighted by atomic mass is 9.90. The van der Waals surface area contributed by atoms with Gasteiger partial charge in [0, 0.05) is 44.9 Å². The lowest BCUT2D eigenvalue weighted by Gasteiger charge is -2.31. The molecule has 0 bridgehead atoms. The predicted molar refractivity (Wildman–Crippen MR) is 246 cm³/mol. The summed E-state index contributed by atoms with van der Waals surface area (Å²) in [5.74, 6) is 2.13. The number of nitrogens with one attached hydrogen (secondary N) is 1. The van der Waals surface area contributed by atoms with Gasteiger partial charge in [0.25, 0.3) is 5.91 Å². The summed E-state index contributed by atoms with van der Waals surface area (Å²) in [5.41, 5.74) is 11.0. The zero-order valence-electron chi connectivity index (χ0n) is 37.5. The highest BCUT2D eigenvalue weighted by Gasteiger charge is 2.26. The van der Waals surface area contributed by atoms with Crippen molar-refractivity contribution in [3.8, 4) is 28.6 Å². The van der Waals surface area contributed by atoms with Crippen LogP contribution in [0.4, 0.5) is 0 Å². The van der Waals surface area contributed by atoms with Crippen LogP contribution in [0.15, 0.2) is 97.1 Å². The first-order valence-electron chi connectivity index (χ1n) is 22.4. The molecule has 4 aromatic carbocycles. The maximum absolute atomic E-state index is 14.0. The van der Waals surface area contributed by atoms with Crippen molar-refractivity contribution in [2.75, 3.05) is 79.0 Å². The standard InChI is InChI=1S/C50H64N6O8/c1-37(2)44-33-45(47(64-36-42-12-8-5-9-13-42)34-46(44)63-35-41-10-6-4-7-11-41)48-53-54-49(50(58)52-21-25-60-27-29-62-31-30-61-28-26-59-24-20-51)56(48)43-16-14-39(15-17-43)32-40-18-22-55(23-19-40)38(3)57/h4-17,33-34,37,40H,18-32,35-36,51H2,1-3H3,(H,52,58). The molecule has 14 nitrogen and oxygen atoms in total. The van der Waals surface area contributed by atoms with Crippen LogP contribution in [-0.4, -0.2) is 111 Å². The Bertz CT molecular complexity index is 2160. The molecule has 2 heterocycles. The third-order valence-corrected chi connectivity index (χ3v) is 11.0. The summed E-state index contributed by atoms with van der Waals surface area (Å²) >= 11 is 0. The van der Waals surface area contributed by atoms with E-state index in [1.165, 1.54) is 5.56 Å². The van der Waals surface area contributed by atoms with E-state index in [0.29, 0.717) is 94.8 Å². The van der Waals surface area contributed by atoms with Gasteiger partial charge in [-0.3, -0.25) is 14.2 Å². The van der Waals surface area contributed by atoms with Crippen LogP contribution < -0.4 is 20.5 Å². The van der Waals surface area contributed by atoms with Gasteiger partial charge in [-0.05, 0) is 71.6 Å². The molecule has 1 aliphatic rings. The van der Waals surface area contributed by atoms with Crippen molar-refractivity contribution in [2.24, 2.45) is 11.7 Å². The number of benzene rings is 4. The number of ether oxygens (including phenoxy) is 6. The van der Waals surface area contributed by atoms with Gasteiger partial charge in [-0.2, -0.15) is 0 Å². The molecule has 1 saturated heterocycles. The molecule has 1 aliphatic heterocycles. The fourth-order valence-corrected chi connectivity index (χ4v) is 7.50. The van der Waals surface area contributed by atoms with E-state index in [-0.39, 0.29) is 30.8 Å². The number of piperidine rings is 1. The average Bonchev–Trinajstić information content (AvgIpc) is 3.76. The van der Waals surface area contributed by atoms with Crippen molar-refractivity contribution in [3.63, 3.8) is 0 Å². The van der Waals surface area contributed by atoms with E-state index in [1.54, 1.807) is 11.5 Å². The van der Waals surface area contributed by atoms with Gasteiger partial charge in [-0.15, -0.1) is 10.2 Å². The summed E-state index contributed by atoms with van der Waals surface area (Å²) in [7, 11) is 0. The van der Waals surface area contributed by atoms with Crippen molar-refractivity contribution in [1.82, 2.24) is 25.0 Å². The summed E-state index contributed by atoms with van der Waals surface area (Å²) in [4.78, 5) is 27.9. The molecule has 342 valence electrons. The van der Waals surface area contributed by atoms with Gasteiger partial charge in [-0.1, -0.05) is 86.6 Å². The van der Waals surface area contributed by atoms with Gasteiger partial charge in [0.05, 0.1) is 58.4 Å². The van der Waals surface area contributed by atoms with Gasteiger partial charge in [0.15, 0.2) is 5.82 Å². The van der Waals surface area contributed by atoms with Gasteiger partial charge in [0.2, 0.25) is 11.7 Å². The van der Waals surface area contributed by atoms with E-state index in [2.05, 4.69) is 42.5 Å². The topological polar surface area (TPSA) is 162 Å². The third-order valence-electron chi connectivity index (χ3n) is 11.0. The molecule has 5 aromatic rings. The maximum atomic E-state index is 14.0. The molecule has 0 atom stereocenters. The Balaban J connectivity index is 1.22. The summed E-state index contributed by atoms with van der Waals surface area (Å²) in [6, 6.07) is 32.3. The van der Waals surface area contributed by atoms with E-state index in [0.717, 1.165) is 54.7 Å². The van der Waals surface area contributed by atoms with Crippen LogP contribution in [0, 0.1) is 5.92 Å². The first-order chi connectivity index (χ1) is 31.3. The van der Waals surface area contributed by atoms with Crippen LogP contribution in [0.1, 0.15) is 72.4 Å². The second-order valence-electron chi connectivity index (χ2n) is 16.1. The van der Waals surface area contributed by atoms with Crippen LogP contribution in [0.25, 0.3) is 17.1 Å². The molecule has 64 heavy (non-hydrogen) atoms. The van der Waals surface area contributed by atoms with Crippen LogP contribution in [0.5, 0.6) is 11.5 Å². The largest absolute Gasteiger partial charge is 0.488 e. The Morgan fingerprint density at radius 1 is 0.703 bits per heavy atom. The summed E-state index contributed by atoms with van der Waals surface area (Å²) in [6.07, 6.45) is 2.83. The highest BCUT2D eigenvalue weighted by Crippen LogP contribution is 2.40. The minimum absolute atomic E-state index is 0.0823. The van der Waals surface area contributed by atoms with Crippen LogP contribution in [0.2, 0.25) is 0 Å². The van der Waals surface area contributed by atoms with Gasteiger partial charge < -0.3 is 44.4 Å². The van der Waals surface area contributed by atoms with Crippen LogP contribution >= 0.6 is 0 Å². The van der Waals surface area contributed by atoms with E-state index < -0.39 is 5.91 Å². The number of nitrogens with zero attached hydrogens (tertiary/aromatic N) is 4. The molecule has 6 rings (SSSR count). The molecule has 3 N–H and O–H groups in total. The first kappa shape index (κ1) is 47.8. The normalized spacial score (nSPS) is 13.0. The molecule has 0 saturated carbocycles. The minimum Gasteiger partial charge on any atom is -0.488 e. The zero-order valence-corrected chi connectivity index (χ0v) is 37.5. The molecular weight excluding hydrogens is 813 g/mol. The van der Waals surface area contributed by atoms with E-state index in [1.807, 2.05) is 83.8 Å². The molecule has 0 spiro atoms. The van der Waals surface area contributed by atoms with Crippen molar-refractivity contribution < 1.29 is 38.0 Å². The molecule has 0 radical (unpaired) electrons. The number of hydrogen-bond donors (Lipinski definition) is 2. The molecule has 2 amide bonds. The summed E-state index contributed by atoms with van der Waals surface area (Å²) < 4.78 is 37.0. The fraction of sp³-hybridized carbons (Fsp3) is 0.440. The first-order valence-corrected chi connectivity index (χ1v) is 22.4. The minimum atomic E-state index is -0.397. The van der Waals surface area contributed by atoms with Crippen molar-refractivity contribution in [3.05, 3.63) is 125 Å². The number of nitrogens with two attached hydrogens (primary N) is 1. The summed E-state index contributed by atoms with van der Waals surface area (Å²) in [6.45, 7) is 12.3. The monoisotopic (exact) mass is 876 g/mol. The molecule has 0 aliphatic carbocycles. The Morgan fingerprint density at radius 2 is 1.27 bits per heavy atom. The number of hydrogen-bond acceptors (Lipinski definition) is 11. The smallest absolute Gasteiger partial charge is 0.289 e. The lowest BCUT2D eigenvalue weighted by Crippen LogP contribution is -2.37. The maximum Gasteiger partial charge on any atom is 0.289 e. The average molecular weight is 877 g/mol. The summed E-state index contributed by atoms with van der Waals surface area (Å²) in [5, 5.41) is 12.2. The van der Waals surface area contributed by atoms with Crippen molar-refractivity contribution in [1.29, 1.82) is 0 Å². The Labute approximate surface area is 377 Å². The van der Waals surface area contributed by atoms with Crippen LogP contribution in [-0.2, 0) is 43.4 Å². The number of rotatable bonds is 26. The highest BCUT2D eigenvalue weighted by molar-refractivity contribution is 5.92. The van der Waals surface area contributed by atoms with Gasteiger partial charge in [-0.25, -0.2) is 0 Å². The third kappa shape index (κ3) is 14.4. The quantitative estimate of drug-likeness (QED) is 0.0565. The number of aromatic nitrogens is 3. The number of amides is 2. The van der Waals surface area contributed by atoms with E-state index >= 15 is 0 Å². The van der Waals surface area contributed by atoms with E-state index in [4.69, 9.17) is 39.3 Å².